The van der Waals surface area contributed by atoms with Gasteiger partial charge in [-0.15, -0.1) is 11.3 Å². The Morgan fingerprint density at radius 3 is 2.56 bits per heavy atom. The van der Waals surface area contributed by atoms with E-state index in [1.54, 1.807) is 25.1 Å². The van der Waals surface area contributed by atoms with Gasteiger partial charge < -0.3 is 5.32 Å². The Kier molecular flexibility index (Phi) is 4.27. The number of ketones is 1. The highest BCUT2D eigenvalue weighted by molar-refractivity contribution is 7.08. The number of Topliss-reactive ketones (excluding diaryl/α,β-unsaturated/α-hetero) is 1. The van der Waals surface area contributed by atoms with Crippen molar-refractivity contribution >= 4 is 51.7 Å². The Balaban J connectivity index is 2.29. The summed E-state index contributed by atoms with van der Waals surface area (Å²) in [5, 5.41) is 8.20. The highest BCUT2D eigenvalue weighted by atomic mass is 35.5. The van der Waals surface area contributed by atoms with Crippen LogP contribution in [0.2, 0.25) is 10.0 Å². The van der Waals surface area contributed by atoms with Crippen molar-refractivity contribution < 1.29 is 4.79 Å². The Bertz CT molecular complexity index is 560. The van der Waals surface area contributed by atoms with Crippen LogP contribution >= 0.6 is 34.5 Å². The monoisotopic (exact) mass is 299 g/mol. The number of para-hydroxylation sites is 1. The fourth-order valence-corrected chi connectivity index (χ4v) is 2.87. The number of thiophene rings is 1. The molecular weight excluding hydrogens is 289 g/mol. The number of rotatable bonds is 4. The van der Waals surface area contributed by atoms with Gasteiger partial charge in [0.25, 0.3) is 0 Å². The second kappa shape index (κ2) is 5.74. The average molecular weight is 300 g/mol. The first-order valence-electron chi connectivity index (χ1n) is 5.33. The molecule has 0 atom stereocenters. The molecule has 1 aromatic carbocycles. The molecule has 0 amide bonds. The van der Waals surface area contributed by atoms with E-state index in [0.717, 1.165) is 11.3 Å². The van der Waals surface area contributed by atoms with Crippen molar-refractivity contribution in [3.8, 4) is 0 Å². The van der Waals surface area contributed by atoms with Crippen LogP contribution in [0.25, 0.3) is 0 Å². The highest BCUT2D eigenvalue weighted by Gasteiger charge is 2.10. The van der Waals surface area contributed by atoms with E-state index in [2.05, 4.69) is 5.32 Å². The largest absolute Gasteiger partial charge is 0.352 e. The van der Waals surface area contributed by atoms with Gasteiger partial charge in [0.2, 0.25) is 0 Å². The van der Waals surface area contributed by atoms with Gasteiger partial charge in [0, 0.05) is 11.8 Å². The molecule has 0 aliphatic heterocycles. The Morgan fingerprint density at radius 2 is 1.94 bits per heavy atom. The minimum absolute atomic E-state index is 0.127. The van der Waals surface area contributed by atoms with Crippen LogP contribution in [0.4, 0.5) is 11.4 Å². The van der Waals surface area contributed by atoms with Gasteiger partial charge in [0.05, 0.1) is 21.4 Å². The second-order valence-corrected chi connectivity index (χ2v) is 5.47. The predicted molar refractivity (Wildman–Crippen MR) is 78.4 cm³/mol. The zero-order chi connectivity index (χ0) is 13.1. The van der Waals surface area contributed by atoms with Crippen molar-refractivity contribution in [2.45, 2.75) is 13.3 Å². The van der Waals surface area contributed by atoms with E-state index in [1.165, 1.54) is 11.3 Å². The summed E-state index contributed by atoms with van der Waals surface area (Å²) in [5.41, 5.74) is 2.51. The molecule has 2 rings (SSSR count). The third-order valence-corrected chi connectivity index (χ3v) is 3.83. The summed E-state index contributed by atoms with van der Waals surface area (Å²) in [7, 11) is 0. The molecule has 94 valence electrons. The summed E-state index contributed by atoms with van der Waals surface area (Å²) in [4.78, 5) is 11.2. The van der Waals surface area contributed by atoms with Gasteiger partial charge in [-0.1, -0.05) is 29.3 Å². The number of carbonyl (C=O) groups excluding carboxylic acids is 1. The maximum absolute atomic E-state index is 11.2. The first kappa shape index (κ1) is 13.4. The van der Waals surface area contributed by atoms with Crippen LogP contribution in [-0.2, 0) is 11.2 Å². The van der Waals surface area contributed by atoms with Gasteiger partial charge in [-0.2, -0.15) is 0 Å². The van der Waals surface area contributed by atoms with Crippen molar-refractivity contribution in [3.63, 3.8) is 0 Å². The first-order valence-corrected chi connectivity index (χ1v) is 7.03. The van der Waals surface area contributed by atoms with E-state index in [4.69, 9.17) is 23.2 Å². The number of nitrogens with one attached hydrogen (secondary N) is 1. The molecule has 0 saturated carbocycles. The third-order valence-electron chi connectivity index (χ3n) is 2.40. The molecule has 0 aliphatic carbocycles. The van der Waals surface area contributed by atoms with Gasteiger partial charge in [-0.25, -0.2) is 0 Å². The molecule has 5 heteroatoms. The van der Waals surface area contributed by atoms with E-state index in [0.29, 0.717) is 22.2 Å². The molecule has 0 spiro atoms. The van der Waals surface area contributed by atoms with E-state index >= 15 is 0 Å². The normalized spacial score (nSPS) is 10.4. The van der Waals surface area contributed by atoms with Gasteiger partial charge in [-0.3, -0.25) is 4.79 Å². The van der Waals surface area contributed by atoms with Crippen LogP contribution < -0.4 is 5.32 Å². The molecule has 0 bridgehead atoms. The van der Waals surface area contributed by atoms with Gasteiger partial charge in [0.1, 0.15) is 5.78 Å². The third kappa shape index (κ3) is 3.05. The summed E-state index contributed by atoms with van der Waals surface area (Å²) >= 11 is 13.7. The highest BCUT2D eigenvalue weighted by Crippen LogP contribution is 2.34. The smallest absolute Gasteiger partial charge is 0.134 e. The quantitative estimate of drug-likeness (QED) is 0.867. The number of hydrogen-bond donors (Lipinski definition) is 1. The molecule has 0 saturated heterocycles. The van der Waals surface area contributed by atoms with Crippen LogP contribution in [0.15, 0.2) is 29.0 Å². The maximum atomic E-state index is 11.2. The number of carbonyl (C=O) groups is 1. The molecule has 18 heavy (non-hydrogen) atoms. The number of halogens is 2. The minimum Gasteiger partial charge on any atom is -0.352 e. The molecule has 0 radical (unpaired) electrons. The molecule has 1 N–H and O–H groups in total. The zero-order valence-electron chi connectivity index (χ0n) is 9.67. The van der Waals surface area contributed by atoms with Crippen molar-refractivity contribution in [1.29, 1.82) is 0 Å². The van der Waals surface area contributed by atoms with E-state index in [1.807, 2.05) is 10.8 Å². The molecular formula is C13H11Cl2NOS. The topological polar surface area (TPSA) is 29.1 Å². The van der Waals surface area contributed by atoms with Crippen molar-refractivity contribution in [3.05, 3.63) is 44.6 Å². The molecule has 2 nitrogen and oxygen atoms in total. The van der Waals surface area contributed by atoms with Crippen molar-refractivity contribution in [2.24, 2.45) is 0 Å². The Labute approximate surface area is 120 Å². The number of benzene rings is 1. The molecule has 1 heterocycles. The molecule has 1 aromatic heterocycles. The van der Waals surface area contributed by atoms with Crippen LogP contribution in [-0.4, -0.2) is 5.78 Å². The van der Waals surface area contributed by atoms with Gasteiger partial charge >= 0.3 is 0 Å². The summed E-state index contributed by atoms with van der Waals surface area (Å²) in [6.45, 7) is 1.57. The lowest BCUT2D eigenvalue weighted by Gasteiger charge is -2.10. The lowest BCUT2D eigenvalue weighted by Crippen LogP contribution is -1.99. The lowest BCUT2D eigenvalue weighted by molar-refractivity contribution is -0.116. The Morgan fingerprint density at radius 1 is 1.28 bits per heavy atom. The van der Waals surface area contributed by atoms with Crippen molar-refractivity contribution in [2.75, 3.05) is 5.32 Å². The first-order chi connectivity index (χ1) is 8.58. The fraction of sp³-hybridized carbons (Fsp3) is 0.154. The standard InChI is InChI=1S/C13H11Cl2NOS/c1-8(17)5-9-6-18-7-12(9)16-13-10(14)3-2-4-11(13)15/h2-4,6-7,16H,5H2,1H3. The predicted octanol–water partition coefficient (Wildman–Crippen LogP) is 4.93. The molecule has 0 fully saturated rings. The van der Waals surface area contributed by atoms with Crippen LogP contribution in [0, 0.1) is 0 Å². The minimum atomic E-state index is 0.127. The average Bonchev–Trinajstić information content (AvgIpc) is 2.70. The summed E-state index contributed by atoms with van der Waals surface area (Å²) in [5.74, 6) is 0.127. The fourth-order valence-electron chi connectivity index (χ4n) is 1.59. The zero-order valence-corrected chi connectivity index (χ0v) is 12.0. The number of anilines is 2. The molecule has 0 unspecified atom stereocenters. The van der Waals surface area contributed by atoms with Gasteiger partial charge in [-0.05, 0) is 30.0 Å². The summed E-state index contributed by atoms with van der Waals surface area (Å²) < 4.78 is 0. The summed E-state index contributed by atoms with van der Waals surface area (Å²) in [6.07, 6.45) is 0.411. The lowest BCUT2D eigenvalue weighted by atomic mass is 10.1. The number of hydrogen-bond acceptors (Lipinski definition) is 3. The van der Waals surface area contributed by atoms with Gasteiger partial charge in [0.15, 0.2) is 0 Å². The second-order valence-electron chi connectivity index (χ2n) is 3.91. The van der Waals surface area contributed by atoms with Crippen LogP contribution in [0.5, 0.6) is 0 Å². The van der Waals surface area contributed by atoms with E-state index < -0.39 is 0 Å². The molecule has 0 aliphatic rings. The van der Waals surface area contributed by atoms with Crippen LogP contribution in [0.3, 0.4) is 0 Å². The van der Waals surface area contributed by atoms with Crippen molar-refractivity contribution in [1.82, 2.24) is 0 Å². The van der Waals surface area contributed by atoms with E-state index in [-0.39, 0.29) is 5.78 Å². The SMILES string of the molecule is CC(=O)Cc1cscc1Nc1c(Cl)cccc1Cl. The molecule has 2 aromatic rings. The summed E-state index contributed by atoms with van der Waals surface area (Å²) in [6, 6.07) is 5.33. The van der Waals surface area contributed by atoms with Crippen LogP contribution in [0.1, 0.15) is 12.5 Å². The Hall–Kier alpha value is -1.03. The maximum Gasteiger partial charge on any atom is 0.134 e. The van der Waals surface area contributed by atoms with E-state index in [9.17, 15) is 4.79 Å².